The molecule has 0 unspecified atom stereocenters. The van der Waals surface area contributed by atoms with Gasteiger partial charge in [-0.05, 0) is 0 Å². The molecule has 0 atom stereocenters. The van der Waals surface area contributed by atoms with Crippen LogP contribution in [0.3, 0.4) is 0 Å². The van der Waals surface area contributed by atoms with Crippen molar-refractivity contribution in [3.05, 3.63) is 0 Å². The fraction of sp³-hybridized carbons (Fsp3) is 1.00. The van der Waals surface area contributed by atoms with Crippen LogP contribution in [0.15, 0.2) is 0 Å². The molecule has 0 radical (unpaired) electrons. The molecular formula is C3H8CeO2+4. The van der Waals surface area contributed by atoms with Gasteiger partial charge in [0.25, 0.3) is 0 Å². The standard InChI is InChI=1S/C3H8O2.Ce/c1-5-3-2-4;/h4H,2-3H2,1H3;/q;+4. The largest absolute Gasteiger partial charge is 4.00 e. The van der Waals surface area contributed by atoms with Gasteiger partial charge in [0.1, 0.15) is 0 Å². The first-order chi connectivity index (χ1) is 2.41. The Bertz CT molecular complexity index is 16.3. The van der Waals surface area contributed by atoms with E-state index in [2.05, 4.69) is 4.74 Å². The van der Waals surface area contributed by atoms with Gasteiger partial charge in [-0.2, -0.15) is 0 Å². The summed E-state index contributed by atoms with van der Waals surface area (Å²) in [6, 6.07) is 0. The van der Waals surface area contributed by atoms with Crippen LogP contribution in [-0.4, -0.2) is 25.4 Å². The molecule has 3 heteroatoms. The second kappa shape index (κ2) is 9.57. The number of hydrogen-bond donors (Lipinski definition) is 1. The van der Waals surface area contributed by atoms with E-state index in [9.17, 15) is 0 Å². The molecule has 0 aromatic rings. The van der Waals surface area contributed by atoms with Crippen molar-refractivity contribution in [1.29, 1.82) is 0 Å². The van der Waals surface area contributed by atoms with Gasteiger partial charge in [0.15, 0.2) is 0 Å². The molecule has 2 nitrogen and oxygen atoms in total. The summed E-state index contributed by atoms with van der Waals surface area (Å²) >= 11 is 0. The minimum absolute atomic E-state index is 0. The molecule has 6 heavy (non-hydrogen) atoms. The molecule has 0 saturated carbocycles. The zero-order valence-corrected chi connectivity index (χ0v) is 6.91. The molecule has 0 aromatic carbocycles. The fourth-order valence-electron chi connectivity index (χ4n) is 0.0913. The maximum absolute atomic E-state index is 7.94. The number of aliphatic hydroxyl groups is 1. The third-order valence-electron chi connectivity index (χ3n) is 0.295. The Morgan fingerprint density at radius 2 is 2.17 bits per heavy atom. The van der Waals surface area contributed by atoms with Gasteiger partial charge >= 0.3 is 41.7 Å². The summed E-state index contributed by atoms with van der Waals surface area (Å²) in [5, 5.41) is 7.94. The topological polar surface area (TPSA) is 29.5 Å². The maximum Gasteiger partial charge on any atom is 4.00 e. The first-order valence-electron chi connectivity index (χ1n) is 1.51. The number of rotatable bonds is 2. The van der Waals surface area contributed by atoms with E-state index in [1.165, 1.54) is 0 Å². The third kappa shape index (κ3) is 9.00. The van der Waals surface area contributed by atoms with Crippen molar-refractivity contribution in [1.82, 2.24) is 0 Å². The molecule has 0 heterocycles. The van der Waals surface area contributed by atoms with Crippen LogP contribution < -0.4 is 0 Å². The van der Waals surface area contributed by atoms with Gasteiger partial charge in [-0.3, -0.25) is 0 Å². The molecule has 0 aliphatic rings. The van der Waals surface area contributed by atoms with Crippen LogP contribution in [-0.2, 0) is 4.74 Å². The van der Waals surface area contributed by atoms with Crippen LogP contribution in [0.2, 0.25) is 0 Å². The van der Waals surface area contributed by atoms with Crippen molar-refractivity contribution in [2.24, 2.45) is 0 Å². The van der Waals surface area contributed by atoms with E-state index in [1.54, 1.807) is 7.11 Å². The molecule has 1 N–H and O–H groups in total. The predicted molar refractivity (Wildman–Crippen MR) is 19.0 cm³/mol. The SMILES string of the molecule is COCCO.[Ce+4]. The number of methoxy groups -OCH3 is 1. The molecule has 0 aliphatic carbocycles. The number of ether oxygens (including phenoxy) is 1. The van der Waals surface area contributed by atoms with E-state index in [0.717, 1.165) is 0 Å². The third-order valence-corrected chi connectivity index (χ3v) is 0.295. The van der Waals surface area contributed by atoms with E-state index < -0.39 is 0 Å². The molecule has 0 bridgehead atoms. The summed E-state index contributed by atoms with van der Waals surface area (Å²) in [6.45, 7) is 0.566. The average Bonchev–Trinajstić information content (AvgIpc) is 1.41. The van der Waals surface area contributed by atoms with Crippen molar-refractivity contribution >= 4 is 0 Å². The summed E-state index contributed by atoms with van der Waals surface area (Å²) in [5.74, 6) is 0. The molecule has 0 spiro atoms. The Morgan fingerprint density at radius 3 is 2.17 bits per heavy atom. The Labute approximate surface area is 71.3 Å². The van der Waals surface area contributed by atoms with Crippen molar-refractivity contribution in [3.63, 3.8) is 0 Å². The van der Waals surface area contributed by atoms with Gasteiger partial charge < -0.3 is 9.84 Å². The smallest absolute Gasteiger partial charge is 0.394 e. The second-order valence-corrected chi connectivity index (χ2v) is 0.716. The van der Waals surface area contributed by atoms with Crippen molar-refractivity contribution < 1.29 is 51.6 Å². The van der Waals surface area contributed by atoms with Gasteiger partial charge in [0.05, 0.1) is 13.2 Å². The monoisotopic (exact) mass is 216 g/mol. The van der Waals surface area contributed by atoms with Gasteiger partial charge in [-0.1, -0.05) is 0 Å². The van der Waals surface area contributed by atoms with E-state index in [0.29, 0.717) is 6.61 Å². The summed E-state index contributed by atoms with van der Waals surface area (Å²) < 4.78 is 4.44. The Hall–Kier alpha value is 1.30. The first-order valence-corrected chi connectivity index (χ1v) is 1.51. The number of aliphatic hydroxyl groups excluding tert-OH is 1. The molecule has 0 rings (SSSR count). The van der Waals surface area contributed by atoms with E-state index in [-0.39, 0.29) is 48.4 Å². The normalized spacial score (nSPS) is 7.00. The molecular weight excluding hydrogens is 208 g/mol. The summed E-state index contributed by atoms with van der Waals surface area (Å²) in [6.07, 6.45) is 0. The van der Waals surface area contributed by atoms with Crippen LogP contribution in [0, 0.1) is 41.7 Å². The predicted octanol–water partition coefficient (Wildman–Crippen LogP) is -0.375. The minimum atomic E-state index is 0. The molecule has 0 saturated heterocycles. The summed E-state index contributed by atoms with van der Waals surface area (Å²) in [4.78, 5) is 0. The van der Waals surface area contributed by atoms with Gasteiger partial charge in [0, 0.05) is 7.11 Å². The zero-order chi connectivity index (χ0) is 4.12. The number of hydrogen-bond acceptors (Lipinski definition) is 2. The van der Waals surface area contributed by atoms with E-state index in [1.807, 2.05) is 0 Å². The zero-order valence-electron chi connectivity index (χ0n) is 3.77. The molecule has 32 valence electrons. The van der Waals surface area contributed by atoms with Crippen LogP contribution >= 0.6 is 0 Å². The fourth-order valence-corrected chi connectivity index (χ4v) is 0.0913. The van der Waals surface area contributed by atoms with Crippen LogP contribution in [0.4, 0.5) is 0 Å². The quantitative estimate of drug-likeness (QED) is 0.682. The van der Waals surface area contributed by atoms with Crippen molar-refractivity contribution in [2.45, 2.75) is 0 Å². The minimum Gasteiger partial charge on any atom is -0.394 e. The van der Waals surface area contributed by atoms with Gasteiger partial charge in [-0.15, -0.1) is 0 Å². The summed E-state index contributed by atoms with van der Waals surface area (Å²) in [7, 11) is 1.55. The Balaban J connectivity index is 0. The van der Waals surface area contributed by atoms with Crippen LogP contribution in [0.5, 0.6) is 0 Å². The van der Waals surface area contributed by atoms with Crippen LogP contribution in [0.25, 0.3) is 0 Å². The second-order valence-electron chi connectivity index (χ2n) is 0.716. The average molecular weight is 216 g/mol. The summed E-state index contributed by atoms with van der Waals surface area (Å²) in [5.41, 5.74) is 0. The Morgan fingerprint density at radius 1 is 1.67 bits per heavy atom. The van der Waals surface area contributed by atoms with Crippen molar-refractivity contribution in [3.8, 4) is 0 Å². The Kier molecular flexibility index (Phi) is 16.4. The van der Waals surface area contributed by atoms with Gasteiger partial charge in [-0.25, -0.2) is 0 Å². The molecule has 0 aromatic heterocycles. The van der Waals surface area contributed by atoms with E-state index >= 15 is 0 Å². The first kappa shape index (κ1) is 10.3. The van der Waals surface area contributed by atoms with E-state index in [4.69, 9.17) is 5.11 Å². The molecule has 0 amide bonds. The molecule has 0 fully saturated rings. The van der Waals surface area contributed by atoms with Crippen LogP contribution in [0.1, 0.15) is 0 Å². The van der Waals surface area contributed by atoms with Gasteiger partial charge in [0.2, 0.25) is 0 Å². The maximum atomic E-state index is 7.94. The molecule has 0 aliphatic heterocycles. The van der Waals surface area contributed by atoms with Crippen molar-refractivity contribution in [2.75, 3.05) is 20.3 Å².